The minimum Gasteiger partial charge on any atom is -0.379 e. The Bertz CT molecular complexity index is 1150. The van der Waals surface area contributed by atoms with Crippen LogP contribution in [-0.2, 0) is 9.47 Å². The van der Waals surface area contributed by atoms with Crippen molar-refractivity contribution in [1.82, 2.24) is 42.5 Å². The molecule has 5 saturated heterocycles. The maximum absolute atomic E-state index is 6.08. The van der Waals surface area contributed by atoms with Gasteiger partial charge in [-0.2, -0.15) is 0 Å². The number of fused-ring (bicyclic) bond motifs is 20. The van der Waals surface area contributed by atoms with Crippen molar-refractivity contribution in [1.29, 1.82) is 0 Å². The predicted molar refractivity (Wildman–Crippen MR) is 218 cm³/mol. The molecule has 0 aromatic heterocycles. The van der Waals surface area contributed by atoms with E-state index in [1.54, 1.807) is 0 Å². The van der Waals surface area contributed by atoms with E-state index in [-0.39, 0.29) is 61.5 Å². The Kier molecular flexibility index (Phi) is 11.7. The Morgan fingerprint density at radius 1 is 0.300 bits per heavy atom. The average molecular weight is 1090 g/mol. The van der Waals surface area contributed by atoms with Crippen molar-refractivity contribution in [3.05, 3.63) is 0 Å². The maximum Gasteiger partial charge on any atom is 0.0836 e. The molecule has 24 unspecified atom stereocenters. The minimum atomic E-state index is 0.100. The molecule has 24 atom stereocenters. The number of alkyl halides is 6. The lowest BCUT2D eigenvalue weighted by Crippen LogP contribution is -2.61. The molecule has 0 spiro atoms. The molecule has 0 aromatic rings. The third kappa shape index (κ3) is 6.83. The number of hydrogen-bond acceptors (Lipinski definition) is 10. The van der Waals surface area contributed by atoms with E-state index in [9.17, 15) is 0 Å². The van der Waals surface area contributed by atoms with E-state index in [1.807, 2.05) is 14.2 Å². The molecule has 8 bridgehead atoms. The zero-order chi connectivity index (χ0) is 34.6. The van der Waals surface area contributed by atoms with Crippen LogP contribution in [0.4, 0.5) is 0 Å². The van der Waals surface area contributed by atoms with Gasteiger partial charge in [0.2, 0.25) is 0 Å². The van der Waals surface area contributed by atoms with Gasteiger partial charge < -0.3 is 9.47 Å². The van der Waals surface area contributed by atoms with Gasteiger partial charge in [-0.15, -0.1) is 0 Å². The summed E-state index contributed by atoms with van der Waals surface area (Å²) >= 11 is 24.4. The van der Waals surface area contributed by atoms with Crippen LogP contribution < -0.4 is 42.5 Å². The van der Waals surface area contributed by atoms with Gasteiger partial charge in [0.05, 0.1) is 61.5 Å². The van der Waals surface area contributed by atoms with Crippen LogP contribution in [0.15, 0.2) is 0 Å². The van der Waals surface area contributed by atoms with Crippen LogP contribution in [0.25, 0.3) is 0 Å². The molecule has 0 aromatic carbocycles. The maximum atomic E-state index is 6.08. The van der Waals surface area contributed by atoms with Gasteiger partial charge in [0, 0.05) is 43.2 Å². The summed E-state index contributed by atoms with van der Waals surface area (Å²) in [6.07, 6.45) is 10.7. The topological polar surface area (TPSA) is 115 Å². The van der Waals surface area contributed by atoms with E-state index in [2.05, 4.69) is 138 Å². The summed E-state index contributed by atoms with van der Waals surface area (Å²) in [6, 6.07) is 0. The Morgan fingerprint density at radius 2 is 0.460 bits per heavy atom. The SMILES string of the molecule is COC1CC2C3NC4NC(NC5NC(NC6NC(NC(N3)C2CC1OC)C1CC(Br)C(Br)CC61)C1CC(Br)C(Br)CC51)C1CC(Br)C(Br)CC41. The van der Waals surface area contributed by atoms with Crippen LogP contribution in [-0.4, -0.2) is 105 Å². The van der Waals surface area contributed by atoms with Gasteiger partial charge in [-0.3, -0.25) is 42.5 Å². The molecular formula is C34H54Br6N8O2. The highest BCUT2D eigenvalue weighted by atomic mass is 79.9. The second kappa shape index (κ2) is 15.3. The summed E-state index contributed by atoms with van der Waals surface area (Å²) in [5, 5.41) is 33.7. The lowest BCUT2D eigenvalue weighted by Gasteiger charge is -2.41. The summed E-state index contributed by atoms with van der Waals surface area (Å²) in [5.74, 6) is 4.02. The van der Waals surface area contributed by atoms with Crippen molar-refractivity contribution in [3.63, 3.8) is 0 Å². The Balaban J connectivity index is 1.07. The van der Waals surface area contributed by atoms with Crippen molar-refractivity contribution in [2.75, 3.05) is 14.2 Å². The first kappa shape index (κ1) is 38.0. The van der Waals surface area contributed by atoms with E-state index < -0.39 is 0 Å². The van der Waals surface area contributed by atoms with E-state index in [0.29, 0.717) is 76.3 Å². The lowest BCUT2D eigenvalue weighted by atomic mass is 9.75. The molecule has 284 valence electrons. The molecule has 50 heavy (non-hydrogen) atoms. The summed E-state index contributed by atoms with van der Waals surface area (Å²) in [7, 11) is 3.71. The first-order valence-corrected chi connectivity index (χ1v) is 24.6. The summed E-state index contributed by atoms with van der Waals surface area (Å²) in [6.45, 7) is 0. The molecule has 9 rings (SSSR count). The van der Waals surface area contributed by atoms with Gasteiger partial charge in [-0.25, -0.2) is 0 Å². The molecule has 9 fully saturated rings. The normalized spacial score (nSPS) is 60.5. The Morgan fingerprint density at radius 3 is 0.620 bits per heavy atom. The van der Waals surface area contributed by atoms with E-state index >= 15 is 0 Å². The van der Waals surface area contributed by atoms with Crippen LogP contribution in [0.3, 0.4) is 0 Å². The van der Waals surface area contributed by atoms with Gasteiger partial charge in [-0.1, -0.05) is 95.6 Å². The number of nitrogens with one attached hydrogen (secondary N) is 8. The van der Waals surface area contributed by atoms with Gasteiger partial charge in [-0.05, 0) is 98.7 Å². The molecule has 16 heteroatoms. The zero-order valence-corrected chi connectivity index (χ0v) is 38.1. The van der Waals surface area contributed by atoms with Crippen molar-refractivity contribution in [2.24, 2.45) is 47.3 Å². The number of halogens is 6. The second-order valence-corrected chi connectivity index (χ2v) is 24.1. The average Bonchev–Trinajstić information content (AvgIpc) is 3.80. The summed E-state index contributed by atoms with van der Waals surface area (Å²) in [4.78, 5) is 2.81. The molecule has 0 radical (unpaired) electrons. The highest BCUT2D eigenvalue weighted by molar-refractivity contribution is 9.13. The van der Waals surface area contributed by atoms with Crippen molar-refractivity contribution in [2.45, 2.75) is 142 Å². The van der Waals surface area contributed by atoms with Crippen molar-refractivity contribution < 1.29 is 9.47 Å². The third-order valence-electron chi connectivity index (χ3n) is 14.7. The van der Waals surface area contributed by atoms with Gasteiger partial charge in [0.25, 0.3) is 0 Å². The smallest absolute Gasteiger partial charge is 0.0836 e. The fraction of sp³-hybridized carbons (Fsp3) is 1.00. The van der Waals surface area contributed by atoms with Crippen LogP contribution in [0.1, 0.15) is 51.4 Å². The molecule has 4 aliphatic carbocycles. The van der Waals surface area contributed by atoms with Crippen molar-refractivity contribution >= 4 is 95.6 Å². The molecule has 4 saturated carbocycles. The predicted octanol–water partition coefficient (Wildman–Crippen LogP) is 4.10. The van der Waals surface area contributed by atoms with Crippen LogP contribution >= 0.6 is 95.6 Å². The molecule has 5 heterocycles. The van der Waals surface area contributed by atoms with Gasteiger partial charge in [0.1, 0.15) is 0 Å². The first-order valence-electron chi connectivity index (χ1n) is 19.1. The number of rotatable bonds is 2. The zero-order valence-electron chi connectivity index (χ0n) is 28.6. The summed E-state index contributed by atoms with van der Waals surface area (Å²) in [5.41, 5.74) is 0. The van der Waals surface area contributed by atoms with Crippen LogP contribution in [0.2, 0.25) is 0 Å². The van der Waals surface area contributed by atoms with Gasteiger partial charge >= 0.3 is 0 Å². The van der Waals surface area contributed by atoms with Crippen molar-refractivity contribution in [3.8, 4) is 0 Å². The van der Waals surface area contributed by atoms with E-state index in [0.717, 1.165) is 51.4 Å². The molecule has 10 nitrogen and oxygen atoms in total. The standard InChI is InChI=1S/C34H54Br6N8O2/c1-49-25-9-17-18(10-26(25)50-2)34-47-32-16-8-24(40)22(38)6-14(16)30(45-32)43-28-12-4-20(36)19(35)3-11(12)27(41-28)42-29-13-5-21(37)23(39)7-15(13)31(44-29)46-33(17)48-34/h11-34,41-48H,3-10H2,1-2H3. The molecule has 5 aliphatic heterocycles. The fourth-order valence-electron chi connectivity index (χ4n) is 12.2. The third-order valence-corrected chi connectivity index (χ3v) is 22.9. The highest BCUT2D eigenvalue weighted by Crippen LogP contribution is 2.49. The fourth-order valence-corrected chi connectivity index (χ4v) is 16.0. The molecular weight excluding hydrogens is 1030 g/mol. The minimum absolute atomic E-state index is 0.100. The quantitative estimate of drug-likeness (QED) is 0.193. The second-order valence-electron chi connectivity index (χ2n) is 17.0. The number of ether oxygens (including phenoxy) is 2. The highest BCUT2D eigenvalue weighted by Gasteiger charge is 2.58. The number of methoxy groups -OCH3 is 2. The Labute approximate surface area is 348 Å². The van der Waals surface area contributed by atoms with Gasteiger partial charge in [0.15, 0.2) is 0 Å². The Hall–Kier alpha value is 2.48. The molecule has 8 N–H and O–H groups in total. The van der Waals surface area contributed by atoms with E-state index in [4.69, 9.17) is 9.47 Å². The molecule has 9 aliphatic rings. The molecule has 0 amide bonds. The van der Waals surface area contributed by atoms with E-state index in [1.165, 1.54) is 0 Å². The van der Waals surface area contributed by atoms with Crippen LogP contribution in [0.5, 0.6) is 0 Å². The summed E-state index contributed by atoms with van der Waals surface area (Å²) < 4.78 is 12.2. The number of hydrogen-bond donors (Lipinski definition) is 8. The first-order chi connectivity index (χ1) is 24.1. The largest absolute Gasteiger partial charge is 0.379 e. The lowest BCUT2D eigenvalue weighted by molar-refractivity contribution is -0.0876. The van der Waals surface area contributed by atoms with Crippen LogP contribution in [0, 0.1) is 47.3 Å². The monoisotopic (exact) mass is 1080 g/mol.